The number of likely N-dealkylation sites (tertiary alicyclic amines) is 1. The van der Waals surface area contributed by atoms with Gasteiger partial charge in [0.15, 0.2) is 0 Å². The topological polar surface area (TPSA) is 61.4 Å². The van der Waals surface area contributed by atoms with Gasteiger partial charge in [0.25, 0.3) is 0 Å². The number of benzene rings is 1. The van der Waals surface area contributed by atoms with Crippen LogP contribution in [0.2, 0.25) is 0 Å². The van der Waals surface area contributed by atoms with Crippen LogP contribution in [0.4, 0.5) is 4.79 Å². The number of amides is 3. The average Bonchev–Trinajstić information content (AvgIpc) is 2.58. The number of hydrogen-bond donors (Lipinski definition) is 2. The highest BCUT2D eigenvalue weighted by molar-refractivity contribution is 5.76. The van der Waals surface area contributed by atoms with Gasteiger partial charge in [-0.1, -0.05) is 30.3 Å². The zero-order chi connectivity index (χ0) is 18.3. The lowest BCUT2D eigenvalue weighted by Gasteiger charge is -2.34. The first-order valence-corrected chi connectivity index (χ1v) is 9.21. The summed E-state index contributed by atoms with van der Waals surface area (Å²) in [6, 6.07) is 10.1. The van der Waals surface area contributed by atoms with Crippen LogP contribution in [0, 0.1) is 5.92 Å². The van der Waals surface area contributed by atoms with Crippen LogP contribution in [0.25, 0.3) is 0 Å². The molecule has 0 unspecified atom stereocenters. The summed E-state index contributed by atoms with van der Waals surface area (Å²) in [7, 11) is 0. The molecule has 1 aliphatic rings. The standard InChI is InChI=1S/C20H31N3O2/c1-20(2,3)22-19(25)23-13-11-17(12-14-23)15-21-18(24)10-9-16-7-5-4-6-8-16/h4-8,17H,9-15H2,1-3H3,(H,21,24)(H,22,25). The lowest BCUT2D eigenvalue weighted by molar-refractivity contribution is -0.121. The van der Waals surface area contributed by atoms with E-state index in [0.29, 0.717) is 18.9 Å². The summed E-state index contributed by atoms with van der Waals surface area (Å²) in [4.78, 5) is 26.0. The van der Waals surface area contributed by atoms with Crippen molar-refractivity contribution in [2.75, 3.05) is 19.6 Å². The van der Waals surface area contributed by atoms with Gasteiger partial charge in [0.2, 0.25) is 5.91 Å². The third kappa shape index (κ3) is 7.16. The molecule has 5 nitrogen and oxygen atoms in total. The first-order chi connectivity index (χ1) is 11.8. The van der Waals surface area contributed by atoms with Gasteiger partial charge in [-0.15, -0.1) is 0 Å². The molecule has 2 N–H and O–H groups in total. The molecule has 0 bridgehead atoms. The van der Waals surface area contributed by atoms with Crippen LogP contribution < -0.4 is 10.6 Å². The summed E-state index contributed by atoms with van der Waals surface area (Å²) in [5, 5.41) is 6.05. The van der Waals surface area contributed by atoms with Gasteiger partial charge in [-0.05, 0) is 51.5 Å². The Labute approximate surface area is 151 Å². The van der Waals surface area contributed by atoms with Crippen LogP contribution in [0.15, 0.2) is 30.3 Å². The minimum atomic E-state index is -0.208. The highest BCUT2D eigenvalue weighted by Crippen LogP contribution is 2.17. The van der Waals surface area contributed by atoms with Crippen LogP contribution in [-0.4, -0.2) is 42.0 Å². The van der Waals surface area contributed by atoms with Gasteiger partial charge in [0.1, 0.15) is 0 Å². The normalized spacial score (nSPS) is 15.7. The van der Waals surface area contributed by atoms with E-state index in [2.05, 4.69) is 10.6 Å². The quantitative estimate of drug-likeness (QED) is 0.862. The molecule has 1 aromatic rings. The summed E-state index contributed by atoms with van der Waals surface area (Å²) in [5.74, 6) is 0.566. The Morgan fingerprint density at radius 3 is 2.36 bits per heavy atom. The second-order valence-electron chi connectivity index (χ2n) is 7.90. The van der Waals surface area contributed by atoms with Crippen molar-refractivity contribution in [3.05, 3.63) is 35.9 Å². The van der Waals surface area contributed by atoms with Gasteiger partial charge in [-0.25, -0.2) is 4.79 Å². The molecular formula is C20H31N3O2. The summed E-state index contributed by atoms with van der Waals surface area (Å²) in [6.45, 7) is 8.19. The third-order valence-corrected chi connectivity index (χ3v) is 4.46. The van der Waals surface area contributed by atoms with Gasteiger partial charge in [-0.3, -0.25) is 4.79 Å². The van der Waals surface area contributed by atoms with Crippen molar-refractivity contribution in [3.63, 3.8) is 0 Å². The SMILES string of the molecule is CC(C)(C)NC(=O)N1CCC(CNC(=O)CCc2ccccc2)CC1. The van der Waals surface area contributed by atoms with Gasteiger partial charge >= 0.3 is 6.03 Å². The number of carbonyl (C=O) groups is 2. The molecule has 0 spiro atoms. The Kier molecular flexibility index (Phi) is 6.85. The van der Waals surface area contributed by atoms with Crippen LogP contribution in [0.5, 0.6) is 0 Å². The Morgan fingerprint density at radius 2 is 1.76 bits per heavy atom. The summed E-state index contributed by atoms with van der Waals surface area (Å²) in [6.07, 6.45) is 3.18. The average molecular weight is 345 g/mol. The van der Waals surface area contributed by atoms with Crippen molar-refractivity contribution in [2.24, 2.45) is 5.92 Å². The molecule has 0 radical (unpaired) electrons. The maximum absolute atomic E-state index is 12.2. The highest BCUT2D eigenvalue weighted by Gasteiger charge is 2.25. The summed E-state index contributed by atoms with van der Waals surface area (Å²) >= 11 is 0. The molecule has 1 heterocycles. The summed E-state index contributed by atoms with van der Waals surface area (Å²) in [5.41, 5.74) is 0.983. The number of urea groups is 1. The molecule has 5 heteroatoms. The van der Waals surface area contributed by atoms with Gasteiger partial charge in [0.05, 0.1) is 0 Å². The maximum atomic E-state index is 12.2. The molecule has 1 aliphatic heterocycles. The van der Waals surface area contributed by atoms with Crippen molar-refractivity contribution in [1.82, 2.24) is 15.5 Å². The van der Waals surface area contributed by atoms with E-state index >= 15 is 0 Å². The number of carbonyl (C=O) groups excluding carboxylic acids is 2. The molecule has 1 saturated heterocycles. The molecule has 0 atom stereocenters. The Hall–Kier alpha value is -2.04. The Morgan fingerprint density at radius 1 is 1.12 bits per heavy atom. The van der Waals surface area contributed by atoms with E-state index in [-0.39, 0.29) is 17.5 Å². The zero-order valence-electron chi connectivity index (χ0n) is 15.7. The lowest BCUT2D eigenvalue weighted by Crippen LogP contribution is -2.51. The van der Waals surface area contributed by atoms with Crippen molar-refractivity contribution in [3.8, 4) is 0 Å². The third-order valence-electron chi connectivity index (χ3n) is 4.46. The number of piperidine rings is 1. The fourth-order valence-electron chi connectivity index (χ4n) is 2.99. The Bertz CT molecular complexity index is 558. The number of hydrogen-bond acceptors (Lipinski definition) is 2. The van der Waals surface area contributed by atoms with Crippen molar-refractivity contribution < 1.29 is 9.59 Å². The van der Waals surface area contributed by atoms with Gasteiger partial charge in [-0.2, -0.15) is 0 Å². The molecule has 138 valence electrons. The van der Waals surface area contributed by atoms with Crippen molar-refractivity contribution >= 4 is 11.9 Å². The van der Waals surface area contributed by atoms with E-state index in [1.54, 1.807) is 0 Å². The van der Waals surface area contributed by atoms with Gasteiger partial charge in [0, 0.05) is 31.6 Å². The van der Waals surface area contributed by atoms with E-state index in [1.165, 1.54) is 5.56 Å². The molecule has 0 aliphatic carbocycles. The summed E-state index contributed by atoms with van der Waals surface area (Å²) < 4.78 is 0. The number of aryl methyl sites for hydroxylation is 1. The fraction of sp³-hybridized carbons (Fsp3) is 0.600. The first-order valence-electron chi connectivity index (χ1n) is 9.21. The Balaban J connectivity index is 1.63. The van der Waals surface area contributed by atoms with Crippen molar-refractivity contribution in [2.45, 2.75) is 52.0 Å². The van der Waals surface area contributed by atoms with Crippen molar-refractivity contribution in [1.29, 1.82) is 0 Å². The fourth-order valence-corrected chi connectivity index (χ4v) is 2.99. The predicted octanol–water partition coefficient (Wildman–Crippen LogP) is 2.96. The van der Waals surface area contributed by atoms with E-state index in [0.717, 1.165) is 32.4 Å². The highest BCUT2D eigenvalue weighted by atomic mass is 16.2. The van der Waals surface area contributed by atoms with Crippen LogP contribution in [0.3, 0.4) is 0 Å². The number of nitrogens with one attached hydrogen (secondary N) is 2. The molecule has 0 saturated carbocycles. The molecule has 2 rings (SSSR count). The van der Waals surface area contributed by atoms with E-state index in [9.17, 15) is 9.59 Å². The van der Waals surface area contributed by atoms with Crippen LogP contribution in [0.1, 0.15) is 45.6 Å². The largest absolute Gasteiger partial charge is 0.356 e. The molecule has 3 amide bonds. The van der Waals surface area contributed by atoms with E-state index < -0.39 is 0 Å². The van der Waals surface area contributed by atoms with E-state index in [4.69, 9.17) is 0 Å². The second kappa shape index (κ2) is 8.88. The molecule has 0 aromatic heterocycles. The minimum Gasteiger partial charge on any atom is -0.356 e. The molecular weight excluding hydrogens is 314 g/mol. The monoisotopic (exact) mass is 345 g/mol. The predicted molar refractivity (Wildman–Crippen MR) is 100 cm³/mol. The van der Waals surface area contributed by atoms with Crippen LogP contribution >= 0.6 is 0 Å². The smallest absolute Gasteiger partial charge is 0.317 e. The first kappa shape index (κ1) is 19.3. The van der Waals surface area contributed by atoms with E-state index in [1.807, 2.05) is 56.0 Å². The van der Waals surface area contributed by atoms with Crippen LogP contribution in [-0.2, 0) is 11.2 Å². The molecule has 1 aromatic carbocycles. The maximum Gasteiger partial charge on any atom is 0.317 e. The van der Waals surface area contributed by atoms with Gasteiger partial charge < -0.3 is 15.5 Å². The number of rotatable bonds is 5. The number of nitrogens with zero attached hydrogens (tertiary/aromatic N) is 1. The molecule has 1 fully saturated rings. The zero-order valence-corrected chi connectivity index (χ0v) is 15.7. The molecule has 25 heavy (non-hydrogen) atoms. The minimum absolute atomic E-state index is 0.0119. The lowest BCUT2D eigenvalue weighted by atomic mass is 9.97. The second-order valence-corrected chi connectivity index (χ2v) is 7.90.